The maximum atomic E-state index is 11.8. The molecule has 0 fully saturated rings. The average Bonchev–Trinajstić information content (AvgIpc) is 3.08. The molecule has 2 heterocycles. The lowest BCUT2D eigenvalue weighted by Crippen LogP contribution is -2.12. The van der Waals surface area contributed by atoms with E-state index in [1.165, 1.54) is 18.3 Å². The van der Waals surface area contributed by atoms with E-state index >= 15 is 0 Å². The van der Waals surface area contributed by atoms with Crippen LogP contribution in [-0.4, -0.2) is 27.3 Å². The average molecular weight is 389 g/mol. The van der Waals surface area contributed by atoms with Crippen LogP contribution < -0.4 is 10.1 Å². The zero-order valence-electron chi connectivity index (χ0n) is 11.6. The van der Waals surface area contributed by atoms with Crippen LogP contribution in [0.15, 0.2) is 16.0 Å². The van der Waals surface area contributed by atoms with Gasteiger partial charge in [0.25, 0.3) is 0 Å². The van der Waals surface area contributed by atoms with E-state index in [1.807, 2.05) is 0 Å². The highest BCUT2D eigenvalue weighted by molar-refractivity contribution is 9.09. The molecular weight excluding hydrogens is 376 g/mol. The Kier molecular flexibility index (Phi) is 5.56. The van der Waals surface area contributed by atoms with Gasteiger partial charge in [0.1, 0.15) is 0 Å². The summed E-state index contributed by atoms with van der Waals surface area (Å²) in [5.41, 5.74) is 0. The highest BCUT2D eigenvalue weighted by atomic mass is 79.9. The number of amides is 1. The molecule has 0 aromatic carbocycles. The molecule has 0 aliphatic carbocycles. The lowest BCUT2D eigenvalue weighted by Gasteiger charge is -2.04. The summed E-state index contributed by atoms with van der Waals surface area (Å²) >= 11 is 4.47. The van der Waals surface area contributed by atoms with Gasteiger partial charge in [0.15, 0.2) is 5.01 Å². The third-order valence-electron chi connectivity index (χ3n) is 2.50. The Morgan fingerprint density at radius 2 is 2.32 bits per heavy atom. The van der Waals surface area contributed by atoms with Crippen LogP contribution in [0, 0.1) is 0 Å². The number of carbonyl (C=O) groups is 2. The normalized spacial score (nSPS) is 10.5. The summed E-state index contributed by atoms with van der Waals surface area (Å²) in [6.45, 7) is 1.19. The van der Waals surface area contributed by atoms with E-state index in [0.717, 1.165) is 0 Å². The molecule has 118 valence electrons. The Morgan fingerprint density at radius 1 is 1.55 bits per heavy atom. The van der Waals surface area contributed by atoms with Crippen LogP contribution in [0.3, 0.4) is 0 Å². The Balaban J connectivity index is 2.32. The molecule has 22 heavy (non-hydrogen) atoms. The molecule has 0 atom stereocenters. The maximum absolute atomic E-state index is 11.8. The molecule has 0 radical (unpaired) electrons. The van der Waals surface area contributed by atoms with Crippen molar-refractivity contribution < 1.29 is 23.8 Å². The smallest absolute Gasteiger partial charge is 0.308 e. The van der Waals surface area contributed by atoms with Crippen molar-refractivity contribution >= 4 is 45.0 Å². The highest BCUT2D eigenvalue weighted by Crippen LogP contribution is 2.46. The number of aromatic hydroxyl groups is 1. The number of esters is 1. The number of nitrogens with zero attached hydrogens (tertiary/aromatic N) is 1. The second-order valence-corrected chi connectivity index (χ2v) is 5.90. The number of alkyl halides is 1. The Bertz CT molecular complexity index is 668. The van der Waals surface area contributed by atoms with E-state index in [2.05, 4.69) is 26.2 Å². The molecular formula is C13H13BrN2O5S. The van der Waals surface area contributed by atoms with Crippen molar-refractivity contribution in [2.75, 3.05) is 10.6 Å². The molecule has 7 nitrogen and oxygen atoms in total. The first-order valence-corrected chi connectivity index (χ1v) is 8.33. The molecule has 1 amide bonds. The largest absolute Gasteiger partial charge is 0.501 e. The summed E-state index contributed by atoms with van der Waals surface area (Å²) in [6, 6.07) is 0. The summed E-state index contributed by atoms with van der Waals surface area (Å²) < 4.78 is 10.3. The Labute approximate surface area is 138 Å². The fourth-order valence-electron chi connectivity index (χ4n) is 1.63. The number of ether oxygens (including phenoxy) is 1. The van der Waals surface area contributed by atoms with E-state index in [0.29, 0.717) is 16.8 Å². The van der Waals surface area contributed by atoms with Gasteiger partial charge in [0.2, 0.25) is 29.1 Å². The number of aromatic nitrogens is 1. The second-order valence-electron chi connectivity index (χ2n) is 4.21. The van der Waals surface area contributed by atoms with E-state index in [1.54, 1.807) is 11.6 Å². The monoisotopic (exact) mass is 388 g/mol. The first kappa shape index (κ1) is 16.5. The summed E-state index contributed by atoms with van der Waals surface area (Å²) in [6.07, 6.45) is 2.45. The minimum Gasteiger partial charge on any atom is -0.501 e. The van der Waals surface area contributed by atoms with Crippen molar-refractivity contribution in [1.82, 2.24) is 4.98 Å². The zero-order valence-corrected chi connectivity index (χ0v) is 14.0. The molecule has 2 aromatic heterocycles. The molecule has 0 saturated heterocycles. The van der Waals surface area contributed by atoms with Gasteiger partial charge in [0.05, 0.1) is 0 Å². The van der Waals surface area contributed by atoms with Crippen LogP contribution in [-0.2, 0) is 9.59 Å². The third kappa shape index (κ3) is 3.86. The van der Waals surface area contributed by atoms with Crippen LogP contribution in [0.2, 0.25) is 0 Å². The molecule has 9 heteroatoms. The maximum Gasteiger partial charge on any atom is 0.308 e. The SMILES string of the molecule is CC(=O)Oc1c(NC(=O)CCCBr)oc(-c2nccs2)c1O. The summed E-state index contributed by atoms with van der Waals surface area (Å²) in [5.74, 6) is -1.62. The van der Waals surface area contributed by atoms with Crippen LogP contribution in [0.5, 0.6) is 11.5 Å². The van der Waals surface area contributed by atoms with Gasteiger partial charge in [-0.2, -0.15) is 0 Å². The lowest BCUT2D eigenvalue weighted by molar-refractivity contribution is -0.132. The van der Waals surface area contributed by atoms with Crippen LogP contribution in [0.1, 0.15) is 19.8 Å². The fraction of sp³-hybridized carbons (Fsp3) is 0.308. The number of anilines is 1. The summed E-state index contributed by atoms with van der Waals surface area (Å²) in [4.78, 5) is 27.0. The highest BCUT2D eigenvalue weighted by Gasteiger charge is 2.26. The lowest BCUT2D eigenvalue weighted by atomic mass is 10.3. The van der Waals surface area contributed by atoms with Crippen molar-refractivity contribution in [3.63, 3.8) is 0 Å². The van der Waals surface area contributed by atoms with Crippen LogP contribution in [0.25, 0.3) is 10.8 Å². The molecule has 0 saturated carbocycles. The van der Waals surface area contributed by atoms with Crippen LogP contribution >= 0.6 is 27.3 Å². The van der Waals surface area contributed by atoms with Gasteiger partial charge in [-0.15, -0.1) is 11.3 Å². The van der Waals surface area contributed by atoms with Crippen LogP contribution in [0.4, 0.5) is 5.88 Å². The predicted molar refractivity (Wildman–Crippen MR) is 84.4 cm³/mol. The van der Waals surface area contributed by atoms with E-state index in [9.17, 15) is 14.7 Å². The fourth-order valence-corrected chi connectivity index (χ4v) is 2.52. The van der Waals surface area contributed by atoms with Gasteiger partial charge in [0, 0.05) is 30.3 Å². The molecule has 0 aliphatic heterocycles. The van der Waals surface area contributed by atoms with Gasteiger partial charge < -0.3 is 14.3 Å². The molecule has 0 bridgehead atoms. The van der Waals surface area contributed by atoms with Gasteiger partial charge >= 0.3 is 5.97 Å². The number of halogens is 1. The number of hydrogen-bond acceptors (Lipinski definition) is 7. The second kappa shape index (κ2) is 7.41. The van der Waals surface area contributed by atoms with Crippen molar-refractivity contribution in [3.8, 4) is 22.3 Å². The number of hydrogen-bond donors (Lipinski definition) is 2. The van der Waals surface area contributed by atoms with Crippen molar-refractivity contribution in [3.05, 3.63) is 11.6 Å². The van der Waals surface area contributed by atoms with Gasteiger partial charge in [-0.3, -0.25) is 14.9 Å². The standard InChI is InChI=1S/C13H13BrN2O5S/c1-7(17)20-10-9(19)11(13-15-5-6-22-13)21-12(10)16-8(18)3-2-4-14/h5-6,19H,2-4H2,1H3,(H,16,18). The van der Waals surface area contributed by atoms with E-state index in [-0.39, 0.29) is 35.5 Å². The first-order chi connectivity index (χ1) is 10.5. The minimum atomic E-state index is -0.641. The van der Waals surface area contributed by atoms with E-state index < -0.39 is 5.97 Å². The third-order valence-corrected chi connectivity index (χ3v) is 3.84. The summed E-state index contributed by atoms with van der Waals surface area (Å²) in [5, 5.41) is 15.4. The van der Waals surface area contributed by atoms with Crippen molar-refractivity contribution in [2.24, 2.45) is 0 Å². The Hall–Kier alpha value is -1.87. The number of nitrogens with one attached hydrogen (secondary N) is 1. The Morgan fingerprint density at radius 3 is 2.91 bits per heavy atom. The molecule has 2 N–H and O–H groups in total. The molecule has 0 spiro atoms. The van der Waals surface area contributed by atoms with Gasteiger partial charge in [-0.05, 0) is 6.42 Å². The molecule has 2 aromatic rings. The predicted octanol–water partition coefficient (Wildman–Crippen LogP) is 3.15. The number of furan rings is 1. The van der Waals surface area contributed by atoms with Gasteiger partial charge in [-0.25, -0.2) is 4.98 Å². The topological polar surface area (TPSA) is 102 Å². The molecule has 0 unspecified atom stereocenters. The minimum absolute atomic E-state index is 0.0436. The zero-order chi connectivity index (χ0) is 16.1. The number of rotatable bonds is 6. The quantitative estimate of drug-likeness (QED) is 0.581. The summed E-state index contributed by atoms with van der Waals surface area (Å²) in [7, 11) is 0. The molecule has 0 aliphatic rings. The van der Waals surface area contributed by atoms with Gasteiger partial charge in [-0.1, -0.05) is 15.9 Å². The first-order valence-electron chi connectivity index (χ1n) is 6.32. The number of carbonyl (C=O) groups excluding carboxylic acids is 2. The number of thiazole rings is 1. The molecule has 2 rings (SSSR count). The van der Waals surface area contributed by atoms with E-state index in [4.69, 9.17) is 9.15 Å². The van der Waals surface area contributed by atoms with Crippen molar-refractivity contribution in [1.29, 1.82) is 0 Å². The van der Waals surface area contributed by atoms with Crippen molar-refractivity contribution in [2.45, 2.75) is 19.8 Å².